The van der Waals surface area contributed by atoms with Gasteiger partial charge >= 0.3 is 0 Å². The SMILES string of the molecule is CCCCCCOc1ccccc1C(O)(O)N(C(=O)c1ccc(-c2ccco2)cc1)C1CCCC1.O=CO. The van der Waals surface area contributed by atoms with Crippen LogP contribution in [0.3, 0.4) is 0 Å². The predicted molar refractivity (Wildman–Crippen MR) is 143 cm³/mol. The molecule has 1 fully saturated rings. The smallest absolute Gasteiger partial charge is 0.290 e. The Morgan fingerprint density at radius 3 is 2.34 bits per heavy atom. The number of furan rings is 1. The number of benzene rings is 2. The third-order valence-corrected chi connectivity index (χ3v) is 6.69. The Balaban J connectivity index is 0.00000127. The van der Waals surface area contributed by atoms with Crippen molar-refractivity contribution in [3.8, 4) is 17.1 Å². The van der Waals surface area contributed by atoms with Crippen LogP contribution in [0.5, 0.6) is 5.75 Å². The predicted octanol–water partition coefficient (Wildman–Crippen LogP) is 5.79. The lowest BCUT2D eigenvalue weighted by atomic mass is 10.0. The normalized spacial score (nSPS) is 13.4. The van der Waals surface area contributed by atoms with E-state index in [9.17, 15) is 15.0 Å². The number of para-hydroxylation sites is 1. The molecule has 0 atom stereocenters. The van der Waals surface area contributed by atoms with E-state index in [1.165, 1.54) is 4.90 Å². The van der Waals surface area contributed by atoms with Gasteiger partial charge < -0.3 is 24.5 Å². The van der Waals surface area contributed by atoms with Gasteiger partial charge in [0.2, 0.25) is 0 Å². The Morgan fingerprint density at radius 1 is 1.03 bits per heavy atom. The first-order chi connectivity index (χ1) is 18.4. The van der Waals surface area contributed by atoms with Crippen molar-refractivity contribution in [2.45, 2.75) is 70.2 Å². The topological polar surface area (TPSA) is 120 Å². The summed E-state index contributed by atoms with van der Waals surface area (Å²) >= 11 is 0. The van der Waals surface area contributed by atoms with Crippen LogP contribution >= 0.6 is 0 Å². The molecule has 8 heteroatoms. The summed E-state index contributed by atoms with van der Waals surface area (Å²) in [7, 11) is 0. The number of carboxylic acid groups (broad SMARTS) is 1. The molecule has 1 aliphatic rings. The zero-order valence-electron chi connectivity index (χ0n) is 21.8. The van der Waals surface area contributed by atoms with Crippen molar-refractivity contribution in [2.24, 2.45) is 0 Å². The Morgan fingerprint density at radius 2 is 1.71 bits per heavy atom. The van der Waals surface area contributed by atoms with Crippen molar-refractivity contribution in [3.63, 3.8) is 0 Å². The van der Waals surface area contributed by atoms with Crippen molar-refractivity contribution in [1.82, 2.24) is 4.90 Å². The molecule has 1 saturated carbocycles. The molecule has 0 radical (unpaired) electrons. The molecule has 1 amide bonds. The highest BCUT2D eigenvalue weighted by molar-refractivity contribution is 5.95. The van der Waals surface area contributed by atoms with Gasteiger partial charge in [0, 0.05) is 17.2 Å². The molecule has 38 heavy (non-hydrogen) atoms. The number of amides is 1. The maximum absolute atomic E-state index is 13.7. The summed E-state index contributed by atoms with van der Waals surface area (Å²) in [5.41, 5.74) is 1.42. The first-order valence-corrected chi connectivity index (χ1v) is 13.2. The largest absolute Gasteiger partial charge is 0.493 e. The second-order valence-corrected chi connectivity index (χ2v) is 9.31. The average molecular weight is 524 g/mol. The molecule has 204 valence electrons. The Kier molecular flexibility index (Phi) is 10.9. The molecule has 3 aromatic rings. The second-order valence-electron chi connectivity index (χ2n) is 9.31. The number of unbranched alkanes of at least 4 members (excludes halogenated alkanes) is 3. The Labute approximate surface area is 223 Å². The van der Waals surface area contributed by atoms with Gasteiger partial charge in [-0.1, -0.05) is 63.3 Å². The molecule has 0 aliphatic heterocycles. The fourth-order valence-corrected chi connectivity index (χ4v) is 4.79. The molecule has 1 aromatic heterocycles. The first kappa shape index (κ1) is 28.9. The van der Waals surface area contributed by atoms with Crippen LogP contribution in [0.25, 0.3) is 11.3 Å². The molecule has 1 heterocycles. The van der Waals surface area contributed by atoms with Gasteiger partial charge in [-0.25, -0.2) is 0 Å². The molecule has 0 unspecified atom stereocenters. The highest BCUT2D eigenvalue weighted by Gasteiger charge is 2.45. The van der Waals surface area contributed by atoms with Gasteiger partial charge in [0.25, 0.3) is 18.3 Å². The van der Waals surface area contributed by atoms with E-state index in [1.807, 2.05) is 24.3 Å². The van der Waals surface area contributed by atoms with Gasteiger partial charge in [0.1, 0.15) is 11.5 Å². The molecular weight excluding hydrogens is 486 g/mol. The summed E-state index contributed by atoms with van der Waals surface area (Å²) in [5, 5.41) is 29.9. The van der Waals surface area contributed by atoms with Crippen molar-refractivity contribution in [1.29, 1.82) is 0 Å². The monoisotopic (exact) mass is 523 g/mol. The molecular formula is C30H37NO7. The number of hydrogen-bond acceptors (Lipinski definition) is 6. The number of carbonyl (C=O) groups is 2. The Hall–Kier alpha value is -3.62. The van der Waals surface area contributed by atoms with Gasteiger partial charge in [-0.15, -0.1) is 0 Å². The second kappa shape index (κ2) is 14.4. The van der Waals surface area contributed by atoms with Crippen LogP contribution in [0.4, 0.5) is 0 Å². The fraction of sp³-hybridized carbons (Fsp3) is 0.400. The third-order valence-electron chi connectivity index (χ3n) is 6.69. The van der Waals surface area contributed by atoms with Crippen LogP contribution < -0.4 is 4.74 Å². The van der Waals surface area contributed by atoms with Gasteiger partial charge in [-0.2, -0.15) is 0 Å². The number of nitrogens with zero attached hydrogens (tertiary/aromatic N) is 1. The summed E-state index contributed by atoms with van der Waals surface area (Å²) in [4.78, 5) is 23.3. The maximum Gasteiger partial charge on any atom is 0.290 e. The van der Waals surface area contributed by atoms with E-state index < -0.39 is 11.8 Å². The van der Waals surface area contributed by atoms with Crippen LogP contribution in [0, 0.1) is 0 Å². The number of hydrogen-bond donors (Lipinski definition) is 3. The number of carbonyl (C=O) groups excluding carboxylic acids is 1. The van der Waals surface area contributed by atoms with Crippen molar-refractivity contribution in [2.75, 3.05) is 6.61 Å². The minimum atomic E-state index is -2.51. The lowest BCUT2D eigenvalue weighted by Gasteiger charge is -2.40. The van der Waals surface area contributed by atoms with Gasteiger partial charge in [-0.05, 0) is 55.7 Å². The van der Waals surface area contributed by atoms with Crippen molar-refractivity contribution in [3.05, 3.63) is 78.1 Å². The third kappa shape index (κ3) is 7.24. The summed E-state index contributed by atoms with van der Waals surface area (Å²) in [5.74, 6) is -1.84. The summed E-state index contributed by atoms with van der Waals surface area (Å²) in [6, 6.07) is 17.3. The summed E-state index contributed by atoms with van der Waals surface area (Å²) in [6.07, 6.45) is 9.15. The van der Waals surface area contributed by atoms with E-state index in [0.717, 1.165) is 56.9 Å². The first-order valence-electron chi connectivity index (χ1n) is 13.2. The molecule has 8 nitrogen and oxygen atoms in total. The fourth-order valence-electron chi connectivity index (χ4n) is 4.79. The highest BCUT2D eigenvalue weighted by atomic mass is 16.5. The van der Waals surface area contributed by atoms with Gasteiger partial charge in [-0.3, -0.25) is 14.5 Å². The van der Waals surface area contributed by atoms with E-state index in [-0.39, 0.29) is 18.1 Å². The minimum Gasteiger partial charge on any atom is -0.493 e. The van der Waals surface area contributed by atoms with E-state index in [0.29, 0.717) is 23.7 Å². The number of aliphatic hydroxyl groups is 2. The van der Waals surface area contributed by atoms with Crippen LogP contribution in [0.15, 0.2) is 71.3 Å². The summed E-state index contributed by atoms with van der Waals surface area (Å²) in [6.45, 7) is 2.39. The molecule has 3 N–H and O–H groups in total. The number of ether oxygens (including phenoxy) is 1. The van der Waals surface area contributed by atoms with Crippen LogP contribution in [0.1, 0.15) is 74.2 Å². The molecule has 2 aromatic carbocycles. The average Bonchev–Trinajstić information content (AvgIpc) is 3.65. The molecule has 4 rings (SSSR count). The quantitative estimate of drug-likeness (QED) is 0.165. The van der Waals surface area contributed by atoms with E-state index >= 15 is 0 Å². The lowest BCUT2D eigenvalue weighted by Crippen LogP contribution is -2.54. The van der Waals surface area contributed by atoms with E-state index in [1.54, 1.807) is 42.7 Å². The van der Waals surface area contributed by atoms with Gasteiger partial charge in [0.05, 0.1) is 18.4 Å². The van der Waals surface area contributed by atoms with E-state index in [4.69, 9.17) is 19.1 Å². The molecule has 1 aliphatic carbocycles. The van der Waals surface area contributed by atoms with Crippen LogP contribution in [-0.2, 0) is 10.7 Å². The lowest BCUT2D eigenvalue weighted by molar-refractivity contribution is -0.266. The zero-order chi connectivity index (χ0) is 27.4. The molecule has 0 saturated heterocycles. The minimum absolute atomic E-state index is 0.183. The Bertz CT molecular complexity index is 1120. The van der Waals surface area contributed by atoms with E-state index in [2.05, 4.69) is 6.92 Å². The molecule has 0 spiro atoms. The summed E-state index contributed by atoms with van der Waals surface area (Å²) < 4.78 is 11.4. The van der Waals surface area contributed by atoms with Crippen molar-refractivity contribution >= 4 is 12.4 Å². The molecule has 0 bridgehead atoms. The van der Waals surface area contributed by atoms with Crippen LogP contribution in [-0.4, -0.2) is 45.2 Å². The standard InChI is InChI=1S/C29H35NO5.CH2O2/c1-2-3-4-9-20-35-27-14-8-7-13-25(27)29(32,33)30(24-11-5-6-12-24)28(31)23-18-16-22(17-19-23)26-15-10-21-34-26;2-1-3/h7-8,10,13-19,21,24,32-33H,2-6,9,11-12,20H2,1H3;1H,(H,2,3). The zero-order valence-corrected chi connectivity index (χ0v) is 21.8. The maximum atomic E-state index is 13.7. The van der Waals surface area contributed by atoms with Gasteiger partial charge in [0.15, 0.2) is 0 Å². The highest BCUT2D eigenvalue weighted by Crippen LogP contribution is 2.38. The number of rotatable bonds is 11. The van der Waals surface area contributed by atoms with Crippen molar-refractivity contribution < 1.29 is 34.1 Å². The van der Waals surface area contributed by atoms with Crippen LogP contribution in [0.2, 0.25) is 0 Å².